The first-order valence-electron chi connectivity index (χ1n) is 6.44. The molecule has 0 radical (unpaired) electrons. The lowest BCUT2D eigenvalue weighted by Gasteiger charge is -2.29. The highest BCUT2D eigenvalue weighted by Gasteiger charge is 2.27. The van der Waals surface area contributed by atoms with Crippen molar-refractivity contribution in [1.29, 1.82) is 0 Å². The summed E-state index contributed by atoms with van der Waals surface area (Å²) >= 11 is 3.44. The van der Waals surface area contributed by atoms with Crippen LogP contribution in [0.3, 0.4) is 0 Å². The molecule has 0 saturated heterocycles. The number of aliphatic hydroxyl groups excluding tert-OH is 2. The summed E-state index contributed by atoms with van der Waals surface area (Å²) in [4.78, 5) is 11.9. The van der Waals surface area contributed by atoms with Crippen LogP contribution in [0.25, 0.3) is 6.08 Å². The Morgan fingerprint density at radius 2 is 2.05 bits per heavy atom. The third-order valence-electron chi connectivity index (χ3n) is 3.24. The third-order valence-corrected chi connectivity index (χ3v) is 3.93. The van der Waals surface area contributed by atoms with Gasteiger partial charge in [-0.25, -0.2) is 0 Å². The topological polar surface area (TPSA) is 69.6 Å². The summed E-state index contributed by atoms with van der Waals surface area (Å²) in [5.41, 5.74) is 1.05. The molecule has 1 rings (SSSR count). The summed E-state index contributed by atoms with van der Waals surface area (Å²) < 4.78 is 0.910. The van der Waals surface area contributed by atoms with E-state index in [2.05, 4.69) is 21.2 Å². The van der Waals surface area contributed by atoms with Gasteiger partial charge in [0.05, 0.1) is 18.8 Å². The van der Waals surface area contributed by atoms with Gasteiger partial charge in [-0.15, -0.1) is 0 Å². The van der Waals surface area contributed by atoms with Gasteiger partial charge in [0, 0.05) is 10.5 Å². The van der Waals surface area contributed by atoms with Crippen molar-refractivity contribution < 1.29 is 15.0 Å². The van der Waals surface area contributed by atoms with E-state index in [0.717, 1.165) is 15.6 Å². The molecule has 1 amide bonds. The van der Waals surface area contributed by atoms with Crippen LogP contribution in [0.5, 0.6) is 0 Å². The van der Waals surface area contributed by atoms with Crippen LogP contribution >= 0.6 is 15.9 Å². The number of hydrogen-bond donors (Lipinski definition) is 3. The largest absolute Gasteiger partial charge is 0.394 e. The smallest absolute Gasteiger partial charge is 0.244 e. The summed E-state index contributed by atoms with van der Waals surface area (Å²) in [6.45, 7) is 3.19. The van der Waals surface area contributed by atoms with Crippen LogP contribution in [0.2, 0.25) is 0 Å². The van der Waals surface area contributed by atoms with E-state index in [0.29, 0.717) is 6.42 Å². The minimum absolute atomic E-state index is 0.298. The fourth-order valence-corrected chi connectivity index (χ4v) is 2.30. The Labute approximate surface area is 127 Å². The molecule has 0 aliphatic rings. The number of rotatable bonds is 6. The van der Waals surface area contributed by atoms with Gasteiger partial charge in [-0.05, 0) is 36.6 Å². The van der Waals surface area contributed by atoms with Gasteiger partial charge in [-0.3, -0.25) is 4.79 Å². The van der Waals surface area contributed by atoms with Crippen LogP contribution in [-0.2, 0) is 4.79 Å². The molecule has 5 heteroatoms. The number of carbonyl (C=O) groups excluding carboxylic acids is 1. The predicted molar refractivity (Wildman–Crippen MR) is 83.2 cm³/mol. The number of nitrogens with one attached hydrogen (secondary N) is 1. The highest BCUT2D eigenvalue weighted by molar-refractivity contribution is 9.10. The van der Waals surface area contributed by atoms with Gasteiger partial charge in [0.25, 0.3) is 0 Å². The average Bonchev–Trinajstić information content (AvgIpc) is 2.44. The van der Waals surface area contributed by atoms with Crippen LogP contribution < -0.4 is 5.32 Å². The van der Waals surface area contributed by atoms with E-state index in [1.165, 1.54) is 6.08 Å². The van der Waals surface area contributed by atoms with Crippen molar-refractivity contribution in [3.8, 4) is 0 Å². The van der Waals surface area contributed by atoms with E-state index in [1.807, 2.05) is 25.1 Å². The Morgan fingerprint density at radius 1 is 1.40 bits per heavy atom. The SMILES string of the molecule is CCC(CO)(CO)NC(=O)/C=C/c1ccc(C)cc1Br. The van der Waals surface area contributed by atoms with Crippen molar-refractivity contribution in [1.82, 2.24) is 5.32 Å². The first-order valence-corrected chi connectivity index (χ1v) is 7.24. The van der Waals surface area contributed by atoms with E-state index in [-0.39, 0.29) is 19.1 Å². The normalized spacial score (nSPS) is 11.8. The van der Waals surface area contributed by atoms with Crippen LogP contribution in [0, 0.1) is 6.92 Å². The quantitative estimate of drug-likeness (QED) is 0.693. The number of aryl methyl sites for hydroxylation is 1. The van der Waals surface area contributed by atoms with Crippen LogP contribution in [0.15, 0.2) is 28.7 Å². The summed E-state index contributed by atoms with van der Waals surface area (Å²) in [6.07, 6.45) is 3.53. The molecule has 1 aromatic carbocycles. The van der Waals surface area contributed by atoms with Crippen molar-refractivity contribution in [3.05, 3.63) is 39.9 Å². The van der Waals surface area contributed by atoms with Gasteiger partial charge in [0.2, 0.25) is 5.91 Å². The predicted octanol–water partition coefficient (Wildman–Crippen LogP) is 2.02. The Hall–Kier alpha value is -1.17. The van der Waals surface area contributed by atoms with Crippen molar-refractivity contribution in [2.45, 2.75) is 25.8 Å². The number of benzene rings is 1. The molecular formula is C15H20BrNO3. The van der Waals surface area contributed by atoms with E-state index in [4.69, 9.17) is 0 Å². The third kappa shape index (κ3) is 4.44. The minimum atomic E-state index is -0.966. The number of amides is 1. The molecule has 0 unspecified atom stereocenters. The minimum Gasteiger partial charge on any atom is -0.394 e. The molecule has 110 valence electrons. The van der Waals surface area contributed by atoms with Gasteiger partial charge in [-0.2, -0.15) is 0 Å². The Morgan fingerprint density at radius 3 is 2.55 bits per heavy atom. The first-order chi connectivity index (χ1) is 9.46. The number of hydrogen-bond acceptors (Lipinski definition) is 3. The zero-order valence-corrected chi connectivity index (χ0v) is 13.3. The summed E-state index contributed by atoms with van der Waals surface area (Å²) in [7, 11) is 0. The Kier molecular flexibility index (Phi) is 6.39. The molecule has 0 atom stereocenters. The molecule has 0 spiro atoms. The van der Waals surface area contributed by atoms with Gasteiger partial charge >= 0.3 is 0 Å². The zero-order valence-electron chi connectivity index (χ0n) is 11.7. The number of carbonyl (C=O) groups is 1. The summed E-state index contributed by atoms with van der Waals surface area (Å²) in [5, 5.41) is 21.2. The highest BCUT2D eigenvalue weighted by atomic mass is 79.9. The maximum absolute atomic E-state index is 11.9. The fraction of sp³-hybridized carbons (Fsp3) is 0.400. The lowest BCUT2D eigenvalue weighted by molar-refractivity contribution is -0.119. The standard InChI is InChI=1S/C15H20BrNO3/c1-3-15(9-18,10-19)17-14(20)7-6-12-5-4-11(2)8-13(12)16/h4-8,18-19H,3,9-10H2,1-2H3,(H,17,20)/b7-6+. The molecule has 0 saturated carbocycles. The molecule has 0 aromatic heterocycles. The molecule has 0 aliphatic carbocycles. The number of halogens is 1. The monoisotopic (exact) mass is 341 g/mol. The molecule has 20 heavy (non-hydrogen) atoms. The molecule has 0 bridgehead atoms. The molecule has 4 nitrogen and oxygen atoms in total. The molecule has 0 aliphatic heterocycles. The van der Waals surface area contributed by atoms with Gasteiger partial charge in [0.1, 0.15) is 0 Å². The molecule has 0 heterocycles. The molecular weight excluding hydrogens is 322 g/mol. The highest BCUT2D eigenvalue weighted by Crippen LogP contribution is 2.19. The van der Waals surface area contributed by atoms with E-state index >= 15 is 0 Å². The second kappa shape index (κ2) is 7.57. The lowest BCUT2D eigenvalue weighted by Crippen LogP contribution is -2.53. The Bertz CT molecular complexity index is 488. The maximum atomic E-state index is 11.9. The average molecular weight is 342 g/mol. The zero-order chi connectivity index (χ0) is 15.2. The van der Waals surface area contributed by atoms with Crippen LogP contribution in [0.1, 0.15) is 24.5 Å². The van der Waals surface area contributed by atoms with Gasteiger partial charge in [0.15, 0.2) is 0 Å². The number of aliphatic hydroxyl groups is 2. The first kappa shape index (κ1) is 16.9. The van der Waals surface area contributed by atoms with Crippen molar-refractivity contribution in [2.24, 2.45) is 0 Å². The Balaban J connectivity index is 2.77. The second-order valence-electron chi connectivity index (χ2n) is 4.80. The molecule has 3 N–H and O–H groups in total. The maximum Gasteiger partial charge on any atom is 0.244 e. The van der Waals surface area contributed by atoms with E-state index in [1.54, 1.807) is 13.0 Å². The lowest BCUT2D eigenvalue weighted by atomic mass is 9.98. The van der Waals surface area contributed by atoms with Crippen LogP contribution in [-0.4, -0.2) is 34.9 Å². The van der Waals surface area contributed by atoms with Crippen LogP contribution in [0.4, 0.5) is 0 Å². The van der Waals surface area contributed by atoms with Gasteiger partial charge < -0.3 is 15.5 Å². The summed E-state index contributed by atoms with van der Waals surface area (Å²) in [5.74, 6) is -0.345. The van der Waals surface area contributed by atoms with E-state index in [9.17, 15) is 15.0 Å². The fourth-order valence-electron chi connectivity index (χ4n) is 1.68. The van der Waals surface area contributed by atoms with E-state index < -0.39 is 5.54 Å². The van der Waals surface area contributed by atoms with Crippen molar-refractivity contribution >= 4 is 27.9 Å². The van der Waals surface area contributed by atoms with Crippen molar-refractivity contribution in [3.63, 3.8) is 0 Å². The second-order valence-corrected chi connectivity index (χ2v) is 5.65. The summed E-state index contributed by atoms with van der Waals surface area (Å²) in [6, 6.07) is 5.84. The molecule has 1 aromatic rings. The van der Waals surface area contributed by atoms with Crippen molar-refractivity contribution in [2.75, 3.05) is 13.2 Å². The molecule has 0 fully saturated rings. The van der Waals surface area contributed by atoms with Gasteiger partial charge in [-0.1, -0.05) is 35.0 Å².